The first-order valence-electron chi connectivity index (χ1n) is 10.4. The number of anilines is 2. The number of benzene rings is 1. The van der Waals surface area contributed by atoms with Crippen LogP contribution < -0.4 is 10.2 Å². The molecule has 3 aromatic rings. The lowest BCUT2D eigenvalue weighted by atomic mass is 9.82. The zero-order valence-electron chi connectivity index (χ0n) is 17.7. The number of nitrogens with one attached hydrogen (secondary N) is 2. The minimum Gasteiger partial charge on any atom is -0.356 e. The summed E-state index contributed by atoms with van der Waals surface area (Å²) in [6.07, 6.45) is 3.16. The number of aromatic nitrogens is 3. The molecule has 0 aliphatic carbocycles. The Morgan fingerprint density at radius 1 is 1.19 bits per heavy atom. The van der Waals surface area contributed by atoms with Gasteiger partial charge in [-0.05, 0) is 44.9 Å². The largest absolute Gasteiger partial charge is 0.356 e. The Morgan fingerprint density at radius 2 is 1.91 bits per heavy atom. The zero-order chi connectivity index (χ0) is 22.5. The van der Waals surface area contributed by atoms with Crippen molar-refractivity contribution in [1.29, 1.82) is 5.26 Å². The molecule has 0 atom stereocenters. The van der Waals surface area contributed by atoms with Crippen LogP contribution >= 0.6 is 0 Å². The molecule has 5 rings (SSSR count). The van der Waals surface area contributed by atoms with Crippen molar-refractivity contribution in [2.75, 3.05) is 23.3 Å². The molecule has 2 aliphatic rings. The molecule has 1 saturated heterocycles. The topological polar surface area (TPSA) is 93.0 Å². The van der Waals surface area contributed by atoms with Crippen LogP contribution in [0.25, 0.3) is 11.3 Å². The molecule has 162 valence electrons. The number of piperidine rings is 1. The highest BCUT2D eigenvalue weighted by Crippen LogP contribution is 2.41. The van der Waals surface area contributed by atoms with Crippen molar-refractivity contribution in [2.45, 2.75) is 26.7 Å². The van der Waals surface area contributed by atoms with Crippen molar-refractivity contribution in [3.05, 3.63) is 53.4 Å². The molecule has 0 bridgehead atoms. The monoisotopic (exact) mass is 433 g/mol. The van der Waals surface area contributed by atoms with Crippen LogP contribution in [0, 0.1) is 35.3 Å². The highest BCUT2D eigenvalue weighted by molar-refractivity contribution is 6.13. The normalized spacial score (nSPS) is 16.8. The summed E-state index contributed by atoms with van der Waals surface area (Å²) in [5.41, 5.74) is 2.56. The lowest BCUT2D eigenvalue weighted by molar-refractivity contribution is 0.336. The first-order valence-corrected chi connectivity index (χ1v) is 10.4. The maximum absolute atomic E-state index is 14.5. The van der Waals surface area contributed by atoms with E-state index in [1.165, 1.54) is 18.2 Å². The maximum Gasteiger partial charge on any atom is 0.144 e. The number of pyridine rings is 1. The van der Waals surface area contributed by atoms with Crippen LogP contribution in [-0.2, 0) is 0 Å². The molecular formula is C23H21F2N7. The first kappa shape index (κ1) is 20.1. The van der Waals surface area contributed by atoms with Crippen LogP contribution in [0.1, 0.15) is 31.0 Å². The number of aryl methyl sites for hydroxylation is 1. The fourth-order valence-corrected chi connectivity index (χ4v) is 4.13. The number of H-pyrrole nitrogens is 1. The van der Waals surface area contributed by atoms with E-state index in [1.54, 1.807) is 13.1 Å². The molecule has 0 saturated carbocycles. The SMILES string of the molecule is Cc1n[nH]c2c1N=C(c1c(F)cccc1F)Nc1cnc(N3CCC(C)(C#N)CC3)cc1-2. The Hall–Kier alpha value is -3.80. The molecule has 4 heterocycles. The van der Waals surface area contributed by atoms with E-state index in [4.69, 9.17) is 0 Å². The molecular weight excluding hydrogens is 412 g/mol. The molecule has 7 nitrogen and oxygen atoms in total. The van der Waals surface area contributed by atoms with Gasteiger partial charge in [0.05, 0.1) is 40.3 Å². The van der Waals surface area contributed by atoms with Gasteiger partial charge < -0.3 is 10.2 Å². The van der Waals surface area contributed by atoms with E-state index < -0.39 is 11.6 Å². The predicted octanol–water partition coefficient (Wildman–Crippen LogP) is 4.69. The van der Waals surface area contributed by atoms with Crippen LogP contribution in [0.4, 0.5) is 26.0 Å². The van der Waals surface area contributed by atoms with Gasteiger partial charge in [0.15, 0.2) is 0 Å². The summed E-state index contributed by atoms with van der Waals surface area (Å²) in [4.78, 5) is 11.3. The van der Waals surface area contributed by atoms with Crippen molar-refractivity contribution < 1.29 is 8.78 Å². The Morgan fingerprint density at radius 3 is 2.59 bits per heavy atom. The van der Waals surface area contributed by atoms with E-state index in [9.17, 15) is 14.0 Å². The molecule has 0 spiro atoms. The minimum atomic E-state index is -0.708. The van der Waals surface area contributed by atoms with E-state index in [1.807, 2.05) is 13.0 Å². The van der Waals surface area contributed by atoms with Crippen LogP contribution in [0.15, 0.2) is 35.5 Å². The molecule has 2 N–H and O–H groups in total. The van der Waals surface area contributed by atoms with Crippen LogP contribution in [0.3, 0.4) is 0 Å². The number of nitrogens with zero attached hydrogens (tertiary/aromatic N) is 5. The Kier molecular flexibility index (Phi) is 4.66. The summed E-state index contributed by atoms with van der Waals surface area (Å²) < 4.78 is 29.0. The highest BCUT2D eigenvalue weighted by atomic mass is 19.1. The van der Waals surface area contributed by atoms with Gasteiger partial charge in [-0.3, -0.25) is 5.10 Å². The van der Waals surface area contributed by atoms with Crippen molar-refractivity contribution in [2.24, 2.45) is 10.4 Å². The van der Waals surface area contributed by atoms with Gasteiger partial charge in [-0.15, -0.1) is 0 Å². The van der Waals surface area contributed by atoms with Gasteiger partial charge in [0, 0.05) is 18.7 Å². The second-order valence-corrected chi connectivity index (χ2v) is 8.46. The number of hydrogen-bond acceptors (Lipinski definition) is 6. The molecule has 0 amide bonds. The first-order chi connectivity index (χ1) is 15.4. The van der Waals surface area contributed by atoms with E-state index >= 15 is 0 Å². The number of aromatic amines is 1. The summed E-state index contributed by atoms with van der Waals surface area (Å²) in [6.45, 7) is 5.22. The van der Waals surface area contributed by atoms with Crippen LogP contribution in [0.5, 0.6) is 0 Å². The van der Waals surface area contributed by atoms with Crippen LogP contribution in [0.2, 0.25) is 0 Å². The molecule has 0 radical (unpaired) electrons. The smallest absolute Gasteiger partial charge is 0.144 e. The minimum absolute atomic E-state index is 0.0578. The van der Waals surface area contributed by atoms with Gasteiger partial charge in [0.1, 0.15) is 29.0 Å². The quantitative estimate of drug-likeness (QED) is 0.612. The van der Waals surface area contributed by atoms with E-state index in [0.717, 1.165) is 37.3 Å². The fourth-order valence-electron chi connectivity index (χ4n) is 4.13. The van der Waals surface area contributed by atoms with Gasteiger partial charge in [0.25, 0.3) is 0 Å². The summed E-state index contributed by atoms with van der Waals surface area (Å²) in [5, 5.41) is 19.7. The van der Waals surface area contributed by atoms with Gasteiger partial charge in [-0.2, -0.15) is 10.4 Å². The number of amidine groups is 1. The Balaban J connectivity index is 1.57. The molecule has 1 aromatic carbocycles. The Labute approximate surface area is 183 Å². The number of nitriles is 1. The summed E-state index contributed by atoms with van der Waals surface area (Å²) >= 11 is 0. The lowest BCUT2D eigenvalue weighted by Crippen LogP contribution is -2.38. The second-order valence-electron chi connectivity index (χ2n) is 8.46. The Bertz CT molecular complexity index is 1260. The number of hydrogen-bond donors (Lipinski definition) is 2. The van der Waals surface area contributed by atoms with E-state index in [2.05, 4.69) is 36.5 Å². The summed E-state index contributed by atoms with van der Waals surface area (Å²) in [7, 11) is 0. The molecule has 1 fully saturated rings. The fraction of sp³-hybridized carbons (Fsp3) is 0.304. The van der Waals surface area contributed by atoms with Gasteiger partial charge in [-0.25, -0.2) is 18.8 Å². The average Bonchev–Trinajstić information content (AvgIpc) is 3.05. The van der Waals surface area contributed by atoms with Crippen molar-refractivity contribution in [3.63, 3.8) is 0 Å². The van der Waals surface area contributed by atoms with Crippen molar-refractivity contribution in [1.82, 2.24) is 15.2 Å². The molecule has 2 aliphatic heterocycles. The maximum atomic E-state index is 14.5. The second kappa shape index (κ2) is 7.41. The number of aliphatic imine (C=N–C) groups is 1. The predicted molar refractivity (Wildman–Crippen MR) is 118 cm³/mol. The van der Waals surface area contributed by atoms with E-state index in [-0.39, 0.29) is 16.8 Å². The van der Waals surface area contributed by atoms with Crippen LogP contribution in [-0.4, -0.2) is 34.1 Å². The van der Waals surface area contributed by atoms with Gasteiger partial charge in [0.2, 0.25) is 0 Å². The average molecular weight is 433 g/mol. The molecule has 9 heteroatoms. The van der Waals surface area contributed by atoms with Crippen molar-refractivity contribution in [3.8, 4) is 17.3 Å². The van der Waals surface area contributed by atoms with Crippen molar-refractivity contribution >= 4 is 23.0 Å². The third kappa shape index (κ3) is 3.28. The molecule has 2 aromatic heterocycles. The third-order valence-electron chi connectivity index (χ3n) is 6.21. The number of halogens is 2. The molecule has 32 heavy (non-hydrogen) atoms. The van der Waals surface area contributed by atoms with E-state index in [0.29, 0.717) is 22.8 Å². The van der Waals surface area contributed by atoms with Gasteiger partial charge in [-0.1, -0.05) is 6.07 Å². The third-order valence-corrected chi connectivity index (χ3v) is 6.21. The van der Waals surface area contributed by atoms with Gasteiger partial charge >= 0.3 is 0 Å². The number of fused-ring (bicyclic) bond motifs is 3. The summed E-state index contributed by atoms with van der Waals surface area (Å²) in [5.74, 6) is -0.589. The zero-order valence-corrected chi connectivity index (χ0v) is 17.7. The standard InChI is InChI=1S/C23H21F2N7/c1-13-20-21(31-30-13)14-10-18(32-8-6-23(2,12-26)7-9-32)27-11-17(14)28-22(29-20)19-15(24)4-3-5-16(19)25/h3-5,10-11H,6-9H2,1-2H3,(H,28,29)(H,30,31). The number of rotatable bonds is 2. The summed E-state index contributed by atoms with van der Waals surface area (Å²) in [6, 6.07) is 8.04. The highest BCUT2D eigenvalue weighted by Gasteiger charge is 2.31. The molecule has 0 unspecified atom stereocenters. The lowest BCUT2D eigenvalue weighted by Gasteiger charge is -2.35.